The molecule has 0 fully saturated rings. The first-order valence-corrected chi connectivity index (χ1v) is 2.58. The number of aromatic nitrogens is 2. The fourth-order valence-electron chi connectivity index (χ4n) is 0.552. The lowest BCUT2D eigenvalue weighted by Gasteiger charge is -1.90. The molecule has 0 bridgehead atoms. The Hall–Kier alpha value is -1.52. The van der Waals surface area contributed by atoms with E-state index in [1.54, 1.807) is 7.05 Å². The van der Waals surface area contributed by atoms with Gasteiger partial charge >= 0.3 is 6.16 Å². The molecule has 0 saturated carbocycles. The zero-order chi connectivity index (χ0) is 7.56. The molecule has 10 heavy (non-hydrogen) atoms. The molecule has 0 aromatic carbocycles. The summed E-state index contributed by atoms with van der Waals surface area (Å²) in [5, 5.41) is 11.8. The quantitative estimate of drug-likeness (QED) is 0.579. The van der Waals surface area contributed by atoms with Gasteiger partial charge < -0.3 is 9.84 Å². The normalized spacial score (nSPS) is 9.30. The van der Waals surface area contributed by atoms with E-state index in [4.69, 9.17) is 5.11 Å². The predicted molar refractivity (Wildman–Crippen MR) is 31.9 cm³/mol. The Balaban J connectivity index is 2.67. The summed E-state index contributed by atoms with van der Waals surface area (Å²) in [5.74, 6) is 0.231. The molecule has 1 aromatic rings. The van der Waals surface area contributed by atoms with Crippen molar-refractivity contribution in [1.82, 2.24) is 9.78 Å². The highest BCUT2D eigenvalue weighted by atomic mass is 16.7. The molecule has 0 saturated heterocycles. The van der Waals surface area contributed by atoms with E-state index in [-0.39, 0.29) is 5.75 Å². The second-order valence-electron chi connectivity index (χ2n) is 1.72. The van der Waals surface area contributed by atoms with Crippen molar-refractivity contribution in [2.75, 3.05) is 0 Å². The number of hydrogen-bond donors (Lipinski definition) is 1. The molecule has 0 atom stereocenters. The van der Waals surface area contributed by atoms with Crippen molar-refractivity contribution in [3.8, 4) is 5.75 Å². The van der Waals surface area contributed by atoms with E-state index in [9.17, 15) is 4.79 Å². The van der Waals surface area contributed by atoms with Gasteiger partial charge in [0, 0.05) is 7.05 Å². The van der Waals surface area contributed by atoms with Gasteiger partial charge in [0.15, 0.2) is 5.75 Å². The summed E-state index contributed by atoms with van der Waals surface area (Å²) < 4.78 is 5.72. The summed E-state index contributed by atoms with van der Waals surface area (Å²) in [5.41, 5.74) is 0. The lowest BCUT2D eigenvalue weighted by Crippen LogP contribution is -2.01. The third-order valence-electron chi connectivity index (χ3n) is 0.886. The smallest absolute Gasteiger partial charge is 0.449 e. The average molecular weight is 142 g/mol. The summed E-state index contributed by atoms with van der Waals surface area (Å²) in [6.07, 6.45) is 1.47. The Morgan fingerprint density at radius 2 is 2.60 bits per heavy atom. The molecule has 0 amide bonds. The van der Waals surface area contributed by atoms with Crippen LogP contribution in [-0.4, -0.2) is 21.0 Å². The molecule has 1 aromatic heterocycles. The van der Waals surface area contributed by atoms with Crippen LogP contribution in [0.2, 0.25) is 0 Å². The highest BCUT2D eigenvalue weighted by Crippen LogP contribution is 2.06. The molecule has 0 unspecified atom stereocenters. The molecule has 5 heteroatoms. The predicted octanol–water partition coefficient (Wildman–Crippen LogP) is 0.477. The second-order valence-corrected chi connectivity index (χ2v) is 1.72. The van der Waals surface area contributed by atoms with Crippen molar-refractivity contribution in [2.45, 2.75) is 0 Å². The third-order valence-corrected chi connectivity index (χ3v) is 0.886. The zero-order valence-electron chi connectivity index (χ0n) is 5.31. The highest BCUT2D eigenvalue weighted by molar-refractivity contribution is 5.60. The van der Waals surface area contributed by atoms with Crippen LogP contribution in [0.15, 0.2) is 12.4 Å². The van der Waals surface area contributed by atoms with E-state index in [1.165, 1.54) is 17.1 Å². The highest BCUT2D eigenvalue weighted by Gasteiger charge is 2.00. The van der Waals surface area contributed by atoms with Crippen LogP contribution in [0.3, 0.4) is 0 Å². The van der Waals surface area contributed by atoms with Gasteiger partial charge in [0.25, 0.3) is 0 Å². The number of ether oxygens (including phenoxy) is 1. The summed E-state index contributed by atoms with van der Waals surface area (Å²) in [4.78, 5) is 9.92. The van der Waals surface area contributed by atoms with Crippen molar-refractivity contribution in [2.24, 2.45) is 7.05 Å². The lowest BCUT2D eigenvalue weighted by atomic mass is 10.7. The Bertz CT molecular complexity index is 243. The average Bonchev–Trinajstić information content (AvgIpc) is 2.13. The summed E-state index contributed by atoms with van der Waals surface area (Å²) in [6, 6.07) is 0. The van der Waals surface area contributed by atoms with Crippen LogP contribution in [0.1, 0.15) is 0 Å². The monoisotopic (exact) mass is 142 g/mol. The van der Waals surface area contributed by atoms with Gasteiger partial charge in [0.1, 0.15) is 0 Å². The van der Waals surface area contributed by atoms with E-state index in [0.29, 0.717) is 0 Å². The molecule has 54 valence electrons. The van der Waals surface area contributed by atoms with Gasteiger partial charge in [-0.05, 0) is 0 Å². The lowest BCUT2D eigenvalue weighted by molar-refractivity contribution is 0.144. The van der Waals surface area contributed by atoms with E-state index in [1.807, 2.05) is 0 Å². The molecular formula is C5H6N2O3. The SMILES string of the molecule is Cn1cc(OC(=O)O)cn1. The first kappa shape index (κ1) is 6.60. The second kappa shape index (κ2) is 2.38. The van der Waals surface area contributed by atoms with Gasteiger partial charge in [0.05, 0.1) is 12.4 Å². The van der Waals surface area contributed by atoms with Gasteiger partial charge in [-0.15, -0.1) is 0 Å². The molecule has 0 spiro atoms. The van der Waals surface area contributed by atoms with Crippen LogP contribution in [0.25, 0.3) is 0 Å². The maximum Gasteiger partial charge on any atom is 0.511 e. The largest absolute Gasteiger partial charge is 0.511 e. The molecule has 0 aliphatic carbocycles. The van der Waals surface area contributed by atoms with E-state index in [2.05, 4.69) is 9.84 Å². The Kier molecular flexibility index (Phi) is 1.57. The molecule has 0 aliphatic rings. The number of carbonyl (C=O) groups is 1. The Morgan fingerprint density at radius 1 is 1.90 bits per heavy atom. The minimum absolute atomic E-state index is 0.231. The Labute approximate surface area is 56.8 Å². The number of aryl methyl sites for hydroxylation is 1. The van der Waals surface area contributed by atoms with Crippen LogP contribution in [-0.2, 0) is 7.05 Å². The van der Waals surface area contributed by atoms with Crippen molar-refractivity contribution >= 4 is 6.16 Å². The molecule has 5 nitrogen and oxygen atoms in total. The van der Waals surface area contributed by atoms with Crippen LogP contribution in [0.5, 0.6) is 5.75 Å². The fourth-order valence-corrected chi connectivity index (χ4v) is 0.552. The number of carboxylic acid groups (broad SMARTS) is 1. The standard InChI is InChI=1S/C5H6N2O3/c1-7-3-4(2-6-7)10-5(8)9/h2-3H,1H3,(H,8,9). The van der Waals surface area contributed by atoms with E-state index < -0.39 is 6.16 Å². The summed E-state index contributed by atoms with van der Waals surface area (Å²) >= 11 is 0. The van der Waals surface area contributed by atoms with Gasteiger partial charge in [-0.25, -0.2) is 4.79 Å². The zero-order valence-corrected chi connectivity index (χ0v) is 5.31. The van der Waals surface area contributed by atoms with Crippen molar-refractivity contribution in [3.63, 3.8) is 0 Å². The van der Waals surface area contributed by atoms with Crippen LogP contribution >= 0.6 is 0 Å². The maximum atomic E-state index is 9.92. The number of nitrogens with zero attached hydrogens (tertiary/aromatic N) is 2. The van der Waals surface area contributed by atoms with Crippen LogP contribution < -0.4 is 4.74 Å². The van der Waals surface area contributed by atoms with Crippen molar-refractivity contribution in [1.29, 1.82) is 0 Å². The van der Waals surface area contributed by atoms with Gasteiger partial charge in [-0.2, -0.15) is 5.10 Å². The summed E-state index contributed by atoms with van der Waals surface area (Å²) in [7, 11) is 1.68. The minimum atomic E-state index is -1.33. The van der Waals surface area contributed by atoms with Gasteiger partial charge in [-0.1, -0.05) is 0 Å². The van der Waals surface area contributed by atoms with Gasteiger partial charge in [-0.3, -0.25) is 4.68 Å². The molecule has 1 rings (SSSR count). The topological polar surface area (TPSA) is 64.3 Å². The molecular weight excluding hydrogens is 136 g/mol. The van der Waals surface area contributed by atoms with Crippen LogP contribution in [0, 0.1) is 0 Å². The van der Waals surface area contributed by atoms with Crippen LogP contribution in [0.4, 0.5) is 4.79 Å². The first-order valence-electron chi connectivity index (χ1n) is 2.58. The van der Waals surface area contributed by atoms with Crippen molar-refractivity contribution in [3.05, 3.63) is 12.4 Å². The number of rotatable bonds is 1. The summed E-state index contributed by atoms with van der Waals surface area (Å²) in [6.45, 7) is 0. The van der Waals surface area contributed by atoms with E-state index in [0.717, 1.165) is 0 Å². The minimum Gasteiger partial charge on any atom is -0.449 e. The van der Waals surface area contributed by atoms with Gasteiger partial charge in [0.2, 0.25) is 0 Å². The molecule has 1 N–H and O–H groups in total. The number of hydrogen-bond acceptors (Lipinski definition) is 3. The molecule has 1 heterocycles. The fraction of sp³-hybridized carbons (Fsp3) is 0.200. The third kappa shape index (κ3) is 1.48. The van der Waals surface area contributed by atoms with Crippen molar-refractivity contribution < 1.29 is 14.6 Å². The molecule has 0 aliphatic heterocycles. The Morgan fingerprint density at radius 3 is 3.00 bits per heavy atom. The van der Waals surface area contributed by atoms with E-state index >= 15 is 0 Å². The maximum absolute atomic E-state index is 9.92. The molecule has 0 radical (unpaired) electrons. The first-order chi connectivity index (χ1) is 4.68.